The van der Waals surface area contributed by atoms with E-state index in [0.717, 1.165) is 22.2 Å². The highest BCUT2D eigenvalue weighted by Crippen LogP contribution is 2.36. The van der Waals surface area contributed by atoms with Crippen molar-refractivity contribution in [2.75, 3.05) is 26.2 Å². The lowest BCUT2D eigenvalue weighted by molar-refractivity contribution is -0.124. The maximum atomic E-state index is 14.0. The fraction of sp³-hybridized carbons (Fsp3) is 0.333. The zero-order valence-electron chi connectivity index (χ0n) is 28.2. The van der Waals surface area contributed by atoms with Gasteiger partial charge in [-0.3, -0.25) is 9.59 Å². The second-order valence-electron chi connectivity index (χ2n) is 12.1. The molecule has 1 atom stereocenters. The number of hydrogen-bond acceptors (Lipinski definition) is 8. The minimum Gasteiger partial charge on any atom is -0.487 e. The van der Waals surface area contributed by atoms with Crippen LogP contribution in [0.4, 0.5) is 0 Å². The van der Waals surface area contributed by atoms with Crippen LogP contribution in [-0.2, 0) is 21.4 Å². The molecule has 14 heteroatoms. The summed E-state index contributed by atoms with van der Waals surface area (Å²) in [7, 11) is -4.18. The molecule has 2 heterocycles. The first-order valence-corrected chi connectivity index (χ1v) is 18.5. The zero-order chi connectivity index (χ0) is 36.0. The smallest absolute Gasteiger partial charge is 0.253 e. The van der Waals surface area contributed by atoms with Crippen LogP contribution in [-0.4, -0.2) is 72.9 Å². The number of aryl methyl sites for hydroxylation is 2. The van der Waals surface area contributed by atoms with E-state index in [4.69, 9.17) is 33.8 Å². The first kappa shape index (κ1) is 37.0. The van der Waals surface area contributed by atoms with E-state index in [-0.39, 0.29) is 40.5 Å². The number of halogens is 2. The predicted molar refractivity (Wildman–Crippen MR) is 196 cm³/mol. The number of fused-ring (bicyclic) bond motifs is 1. The molecular formula is C36H40Cl2N6O5S. The summed E-state index contributed by atoms with van der Waals surface area (Å²) in [4.78, 5) is 32.5. The average molecular weight is 740 g/mol. The lowest BCUT2D eigenvalue weighted by Gasteiger charge is -2.25. The molecule has 1 aliphatic rings. The van der Waals surface area contributed by atoms with Crippen molar-refractivity contribution in [3.63, 3.8) is 0 Å². The third-order valence-electron chi connectivity index (χ3n) is 8.71. The number of sulfonamides is 1. The number of hydrogen-bond donors (Lipinski definition) is 2. The normalized spacial score (nSPS) is 15.1. The molecule has 1 fully saturated rings. The van der Waals surface area contributed by atoms with Crippen LogP contribution in [0, 0.1) is 13.8 Å². The van der Waals surface area contributed by atoms with Gasteiger partial charge in [-0.25, -0.2) is 13.4 Å². The summed E-state index contributed by atoms with van der Waals surface area (Å²) < 4.78 is 35.3. The van der Waals surface area contributed by atoms with Crippen LogP contribution in [0.25, 0.3) is 10.9 Å². The van der Waals surface area contributed by atoms with Gasteiger partial charge in [0, 0.05) is 53.4 Å². The molecular weight excluding hydrogens is 699 g/mol. The van der Waals surface area contributed by atoms with Crippen LogP contribution in [0.2, 0.25) is 10.0 Å². The van der Waals surface area contributed by atoms with Gasteiger partial charge < -0.3 is 20.8 Å². The standard InChI is InChI=1S/C36H40Cl2N6O5S/c1-4-43(36(46)26-13-11-25(12-14-26)21-41-39)18-7-17-40-35(45)30-9-6-19-44(30)50(47,48)32-16-15-29(37)28(33(32)38)22-49-31-10-5-8-27-23(2)20-24(3)42-34(27)31/h5,8,10-16,20-21,30H,4,6-7,9,17-19,22,39H2,1-3H3,(H,40,45)/t30-/m0/s1. The highest BCUT2D eigenvalue weighted by atomic mass is 35.5. The van der Waals surface area contributed by atoms with Gasteiger partial charge in [-0.15, -0.1) is 0 Å². The van der Waals surface area contributed by atoms with Crippen LogP contribution < -0.4 is 15.9 Å². The summed E-state index contributed by atoms with van der Waals surface area (Å²) >= 11 is 13.3. The largest absolute Gasteiger partial charge is 0.487 e. The van der Waals surface area contributed by atoms with Crippen molar-refractivity contribution in [1.82, 2.24) is 19.5 Å². The van der Waals surface area contributed by atoms with Crippen LogP contribution in [0.3, 0.4) is 0 Å². The molecule has 1 aliphatic heterocycles. The van der Waals surface area contributed by atoms with Crippen molar-refractivity contribution < 1.29 is 22.7 Å². The number of carbonyl (C=O) groups excluding carboxylic acids is 2. The third kappa shape index (κ3) is 8.04. The molecule has 4 aromatic rings. The van der Waals surface area contributed by atoms with Gasteiger partial charge in [0.25, 0.3) is 5.91 Å². The fourth-order valence-corrected chi connectivity index (χ4v) is 8.65. The number of rotatable bonds is 13. The van der Waals surface area contributed by atoms with E-state index in [1.165, 1.54) is 22.7 Å². The molecule has 5 rings (SSSR count). The Morgan fingerprint density at radius 2 is 1.90 bits per heavy atom. The van der Waals surface area contributed by atoms with Crippen LogP contribution >= 0.6 is 23.2 Å². The monoisotopic (exact) mass is 738 g/mol. The number of amides is 2. The highest BCUT2D eigenvalue weighted by molar-refractivity contribution is 7.89. The van der Waals surface area contributed by atoms with Crippen molar-refractivity contribution in [2.45, 2.75) is 57.6 Å². The molecule has 0 saturated carbocycles. The number of para-hydroxylation sites is 1. The molecule has 264 valence electrons. The van der Waals surface area contributed by atoms with Crippen molar-refractivity contribution in [3.05, 3.63) is 98.7 Å². The maximum absolute atomic E-state index is 14.0. The zero-order valence-corrected chi connectivity index (χ0v) is 30.5. The number of nitrogens with zero attached hydrogens (tertiary/aromatic N) is 4. The van der Waals surface area contributed by atoms with Gasteiger partial charge in [-0.05, 0) is 87.6 Å². The second kappa shape index (κ2) is 16.2. The second-order valence-corrected chi connectivity index (χ2v) is 14.7. The Hall–Kier alpha value is -4.23. The van der Waals surface area contributed by atoms with Crippen LogP contribution in [0.5, 0.6) is 5.75 Å². The van der Waals surface area contributed by atoms with Crippen molar-refractivity contribution in [1.29, 1.82) is 0 Å². The third-order valence-corrected chi connectivity index (χ3v) is 11.6. The number of benzene rings is 3. The summed E-state index contributed by atoms with van der Waals surface area (Å²) in [6.07, 6.45) is 2.86. The first-order valence-electron chi connectivity index (χ1n) is 16.3. The number of ether oxygens (including phenoxy) is 1. The first-order chi connectivity index (χ1) is 24.0. The van der Waals surface area contributed by atoms with Gasteiger partial charge in [0.2, 0.25) is 15.9 Å². The molecule has 50 heavy (non-hydrogen) atoms. The summed E-state index contributed by atoms with van der Waals surface area (Å²) in [5, 5.41) is 7.49. The Kier molecular flexibility index (Phi) is 12.0. The van der Waals surface area contributed by atoms with Gasteiger partial charge in [0.15, 0.2) is 0 Å². The number of nitrogens with one attached hydrogen (secondary N) is 1. The van der Waals surface area contributed by atoms with E-state index in [2.05, 4.69) is 15.4 Å². The lowest BCUT2D eigenvalue weighted by Crippen LogP contribution is -2.46. The Labute approximate surface area is 302 Å². The van der Waals surface area contributed by atoms with Gasteiger partial charge in [-0.2, -0.15) is 9.41 Å². The molecule has 0 spiro atoms. The summed E-state index contributed by atoms with van der Waals surface area (Å²) in [5.41, 5.74) is 4.21. The fourth-order valence-electron chi connectivity index (χ4n) is 6.13. The van der Waals surface area contributed by atoms with Crippen molar-refractivity contribution in [3.8, 4) is 5.75 Å². The van der Waals surface area contributed by atoms with Gasteiger partial charge >= 0.3 is 0 Å². The SMILES string of the molecule is CCN(CCCNC(=O)[C@@H]1CCCN1S(=O)(=O)c1ccc(Cl)c(COc2cccc3c(C)cc(C)nc23)c1Cl)C(=O)c1ccc(C=NN)cc1. The number of pyridine rings is 1. The molecule has 1 aromatic heterocycles. The molecule has 1 saturated heterocycles. The van der Waals surface area contributed by atoms with E-state index in [1.54, 1.807) is 35.2 Å². The number of aromatic nitrogens is 1. The average Bonchev–Trinajstić information content (AvgIpc) is 3.60. The summed E-state index contributed by atoms with van der Waals surface area (Å²) in [6, 6.07) is 16.5. The number of hydrazone groups is 1. The van der Waals surface area contributed by atoms with Gasteiger partial charge in [-0.1, -0.05) is 47.5 Å². The molecule has 11 nitrogen and oxygen atoms in total. The van der Waals surface area contributed by atoms with E-state index >= 15 is 0 Å². The highest BCUT2D eigenvalue weighted by Gasteiger charge is 2.40. The topological polar surface area (TPSA) is 147 Å². The lowest BCUT2D eigenvalue weighted by atomic mass is 10.1. The van der Waals surface area contributed by atoms with E-state index < -0.39 is 22.0 Å². The summed E-state index contributed by atoms with van der Waals surface area (Å²) in [5.74, 6) is 5.18. The molecule has 0 unspecified atom stereocenters. The number of nitrogens with two attached hydrogens (primary N) is 1. The van der Waals surface area contributed by atoms with Gasteiger partial charge in [0.05, 0.1) is 11.2 Å². The Bertz CT molecular complexity index is 2020. The van der Waals surface area contributed by atoms with E-state index in [9.17, 15) is 18.0 Å². The quantitative estimate of drug-likeness (QED) is 0.0757. The minimum atomic E-state index is -4.18. The van der Waals surface area contributed by atoms with Gasteiger partial charge in [0.1, 0.15) is 28.8 Å². The van der Waals surface area contributed by atoms with Crippen LogP contribution in [0.15, 0.2) is 70.7 Å². The van der Waals surface area contributed by atoms with Crippen molar-refractivity contribution in [2.24, 2.45) is 10.9 Å². The molecule has 3 N–H and O–H groups in total. The Morgan fingerprint density at radius 1 is 1.14 bits per heavy atom. The number of carbonyl (C=O) groups is 2. The molecule has 0 bridgehead atoms. The molecule has 2 amide bonds. The Balaban J connectivity index is 1.23. The summed E-state index contributed by atoms with van der Waals surface area (Å²) in [6.45, 7) is 7.03. The molecule has 0 radical (unpaired) electrons. The Morgan fingerprint density at radius 3 is 2.62 bits per heavy atom. The molecule has 3 aromatic carbocycles. The molecule has 0 aliphatic carbocycles. The maximum Gasteiger partial charge on any atom is 0.253 e. The predicted octanol–water partition coefficient (Wildman–Crippen LogP) is 5.85. The van der Waals surface area contributed by atoms with E-state index in [0.29, 0.717) is 54.7 Å². The van der Waals surface area contributed by atoms with Crippen LogP contribution in [0.1, 0.15) is 58.9 Å². The van der Waals surface area contributed by atoms with Crippen molar-refractivity contribution >= 4 is 62.2 Å². The minimum absolute atomic E-state index is 0.0596. The van der Waals surface area contributed by atoms with E-state index in [1.807, 2.05) is 39.0 Å².